The Balaban J connectivity index is 2.83. The lowest BCUT2D eigenvalue weighted by molar-refractivity contribution is 0.260. The second kappa shape index (κ2) is 6.28. The van der Waals surface area contributed by atoms with Crippen molar-refractivity contribution >= 4 is 26.5 Å². The molecular formula is C5H10INO2. The molecule has 3 nitrogen and oxygen atoms in total. The third kappa shape index (κ3) is 8.16. The first kappa shape index (κ1) is 9.16. The Morgan fingerprint density at radius 1 is 1.56 bits per heavy atom. The van der Waals surface area contributed by atoms with E-state index in [1.807, 2.05) is 0 Å². The minimum Gasteiger partial charge on any atom is -0.396 e. The third-order valence-corrected chi connectivity index (χ3v) is 1.23. The van der Waals surface area contributed by atoms with Gasteiger partial charge in [0.1, 0.15) is 0 Å². The highest BCUT2D eigenvalue weighted by atomic mass is 127. The van der Waals surface area contributed by atoms with Crippen molar-refractivity contribution in [3.63, 3.8) is 0 Å². The molecule has 0 spiro atoms. The number of amides is 1. The van der Waals surface area contributed by atoms with Crippen LogP contribution in [0, 0.1) is 0 Å². The van der Waals surface area contributed by atoms with Crippen molar-refractivity contribution < 1.29 is 9.90 Å². The molecule has 0 saturated heterocycles. The van der Waals surface area contributed by atoms with Gasteiger partial charge in [-0.1, -0.05) is 0 Å². The summed E-state index contributed by atoms with van der Waals surface area (Å²) in [4.78, 5) is 10.2. The van der Waals surface area contributed by atoms with Crippen LogP contribution in [0.3, 0.4) is 0 Å². The lowest BCUT2D eigenvalue weighted by Gasteiger charge is -1.96. The minimum absolute atomic E-state index is 0.0365. The van der Waals surface area contributed by atoms with E-state index in [1.54, 1.807) is 22.6 Å². The molecule has 0 unspecified atom stereocenters. The zero-order valence-corrected chi connectivity index (χ0v) is 7.22. The fourth-order valence-electron chi connectivity index (χ4n) is 0.423. The van der Waals surface area contributed by atoms with E-state index in [9.17, 15) is 4.79 Å². The van der Waals surface area contributed by atoms with Crippen molar-refractivity contribution in [3.8, 4) is 0 Å². The molecule has 0 heterocycles. The Bertz CT molecular complexity index is 87.0. The van der Waals surface area contributed by atoms with Gasteiger partial charge in [-0.15, -0.1) is 0 Å². The lowest BCUT2D eigenvalue weighted by atomic mass is 10.3. The Morgan fingerprint density at radius 2 is 2.22 bits per heavy atom. The van der Waals surface area contributed by atoms with Crippen molar-refractivity contribution in [2.24, 2.45) is 0 Å². The van der Waals surface area contributed by atoms with Crippen LogP contribution in [-0.4, -0.2) is 22.2 Å². The zero-order chi connectivity index (χ0) is 7.11. The molecule has 0 aromatic rings. The van der Waals surface area contributed by atoms with Gasteiger partial charge < -0.3 is 10.4 Å². The molecule has 0 aromatic heterocycles. The number of nitrogens with one attached hydrogen (secondary N) is 1. The number of carbonyl (C=O) groups is 1. The number of aliphatic hydroxyl groups excluding tert-OH is 1. The Hall–Kier alpha value is 0.160. The molecule has 0 aromatic carbocycles. The molecule has 2 N–H and O–H groups in total. The molecule has 4 heteroatoms. The molecule has 0 fully saturated rings. The summed E-state index contributed by atoms with van der Waals surface area (Å²) in [5.41, 5.74) is 0. The van der Waals surface area contributed by atoms with E-state index < -0.39 is 0 Å². The number of rotatable bonds is 4. The Kier molecular flexibility index (Phi) is 6.39. The van der Waals surface area contributed by atoms with Crippen LogP contribution in [0.4, 0.5) is 4.79 Å². The molecule has 0 radical (unpaired) electrons. The molecule has 0 saturated carbocycles. The first-order valence-corrected chi connectivity index (χ1v) is 3.89. The van der Waals surface area contributed by atoms with Gasteiger partial charge in [-0.05, 0) is 12.8 Å². The van der Waals surface area contributed by atoms with Gasteiger partial charge in [0.2, 0.25) is 0 Å². The van der Waals surface area contributed by atoms with Crippen LogP contribution in [-0.2, 0) is 0 Å². The van der Waals surface area contributed by atoms with Crippen molar-refractivity contribution in [2.45, 2.75) is 12.8 Å². The standard InChI is InChI=1S/C5H10INO2/c6-5(9)7-3-1-2-4-8/h8H,1-4H2,(H,7,9). The number of carbonyl (C=O) groups excluding carboxylic acids is 1. The van der Waals surface area contributed by atoms with E-state index in [0.29, 0.717) is 6.54 Å². The first-order chi connectivity index (χ1) is 4.27. The summed E-state index contributed by atoms with van der Waals surface area (Å²) in [6.07, 6.45) is 1.61. The van der Waals surface area contributed by atoms with Crippen LogP contribution < -0.4 is 5.32 Å². The highest BCUT2D eigenvalue weighted by molar-refractivity contribution is 14.1. The molecule has 0 aliphatic carbocycles. The average Bonchev–Trinajstić information content (AvgIpc) is 1.80. The minimum atomic E-state index is -0.0365. The Labute approximate surface area is 68.0 Å². The third-order valence-electron chi connectivity index (χ3n) is 0.849. The highest BCUT2D eigenvalue weighted by Crippen LogP contribution is 1.87. The largest absolute Gasteiger partial charge is 0.396 e. The molecule has 0 rings (SSSR count). The Morgan fingerprint density at radius 3 is 2.67 bits per heavy atom. The fraction of sp³-hybridized carbons (Fsp3) is 0.800. The van der Waals surface area contributed by atoms with Crippen LogP contribution in [0.25, 0.3) is 0 Å². The van der Waals surface area contributed by atoms with Crippen molar-refractivity contribution in [3.05, 3.63) is 0 Å². The number of hydrogen-bond acceptors (Lipinski definition) is 2. The SMILES string of the molecule is O=C(I)NCCCCO. The van der Waals surface area contributed by atoms with Gasteiger partial charge in [0.25, 0.3) is 3.91 Å². The monoisotopic (exact) mass is 243 g/mol. The second-order valence-electron chi connectivity index (χ2n) is 1.63. The fourth-order valence-corrected chi connectivity index (χ4v) is 0.693. The summed E-state index contributed by atoms with van der Waals surface area (Å²) < 4.78 is -0.0365. The summed E-state index contributed by atoms with van der Waals surface area (Å²) in [7, 11) is 0. The van der Waals surface area contributed by atoms with Crippen LogP contribution in [0.15, 0.2) is 0 Å². The van der Waals surface area contributed by atoms with E-state index in [-0.39, 0.29) is 10.5 Å². The smallest absolute Gasteiger partial charge is 0.280 e. The molecule has 54 valence electrons. The number of hydrogen-bond donors (Lipinski definition) is 2. The number of aliphatic hydroxyl groups is 1. The normalized spacial score (nSPS) is 9.11. The zero-order valence-electron chi connectivity index (χ0n) is 5.06. The molecule has 1 amide bonds. The van der Waals surface area contributed by atoms with Gasteiger partial charge in [-0.25, -0.2) is 0 Å². The molecule has 0 atom stereocenters. The van der Waals surface area contributed by atoms with Gasteiger partial charge in [0.15, 0.2) is 0 Å². The molecule has 0 aliphatic heterocycles. The summed E-state index contributed by atoms with van der Waals surface area (Å²) in [5, 5.41) is 10.9. The highest BCUT2D eigenvalue weighted by Gasteiger charge is 1.89. The maximum Gasteiger partial charge on any atom is 0.280 e. The predicted molar refractivity (Wildman–Crippen MR) is 43.7 cm³/mol. The quantitative estimate of drug-likeness (QED) is 0.333. The summed E-state index contributed by atoms with van der Waals surface area (Å²) in [5.74, 6) is 0. The van der Waals surface area contributed by atoms with Gasteiger partial charge >= 0.3 is 0 Å². The van der Waals surface area contributed by atoms with Crippen LogP contribution >= 0.6 is 22.6 Å². The topological polar surface area (TPSA) is 49.3 Å². The van der Waals surface area contributed by atoms with E-state index in [2.05, 4.69) is 5.32 Å². The van der Waals surface area contributed by atoms with Crippen LogP contribution in [0.5, 0.6) is 0 Å². The maximum atomic E-state index is 10.2. The van der Waals surface area contributed by atoms with E-state index in [4.69, 9.17) is 5.11 Å². The van der Waals surface area contributed by atoms with Gasteiger partial charge in [0, 0.05) is 35.7 Å². The summed E-state index contributed by atoms with van der Waals surface area (Å²) in [6.45, 7) is 0.874. The summed E-state index contributed by atoms with van der Waals surface area (Å²) in [6, 6.07) is 0. The number of unbranched alkanes of at least 4 members (excludes halogenated alkanes) is 1. The van der Waals surface area contributed by atoms with Crippen LogP contribution in [0.1, 0.15) is 12.8 Å². The molecule has 0 bridgehead atoms. The number of halogens is 1. The van der Waals surface area contributed by atoms with Gasteiger partial charge in [0.05, 0.1) is 0 Å². The van der Waals surface area contributed by atoms with Crippen LogP contribution in [0.2, 0.25) is 0 Å². The van der Waals surface area contributed by atoms with Crippen molar-refractivity contribution in [2.75, 3.05) is 13.2 Å². The summed E-state index contributed by atoms with van der Waals surface area (Å²) >= 11 is 1.68. The molecule has 0 aliphatic rings. The predicted octanol–water partition coefficient (Wildman–Crippen LogP) is 0.903. The maximum absolute atomic E-state index is 10.2. The average molecular weight is 243 g/mol. The molecular weight excluding hydrogens is 233 g/mol. The lowest BCUT2D eigenvalue weighted by Crippen LogP contribution is -2.17. The van der Waals surface area contributed by atoms with Gasteiger partial charge in [-0.3, -0.25) is 4.79 Å². The molecule has 9 heavy (non-hydrogen) atoms. The van der Waals surface area contributed by atoms with Crippen molar-refractivity contribution in [1.82, 2.24) is 5.32 Å². The first-order valence-electron chi connectivity index (χ1n) is 2.81. The second-order valence-corrected chi connectivity index (χ2v) is 2.61. The van der Waals surface area contributed by atoms with Gasteiger partial charge in [-0.2, -0.15) is 0 Å². The van der Waals surface area contributed by atoms with E-state index in [1.165, 1.54) is 0 Å². The van der Waals surface area contributed by atoms with Crippen molar-refractivity contribution in [1.29, 1.82) is 0 Å². The van der Waals surface area contributed by atoms with E-state index >= 15 is 0 Å². The van der Waals surface area contributed by atoms with E-state index in [0.717, 1.165) is 12.8 Å².